The molecule has 0 bridgehead atoms. The molecule has 0 fully saturated rings. The van der Waals surface area contributed by atoms with Gasteiger partial charge in [-0.25, -0.2) is 4.98 Å². The summed E-state index contributed by atoms with van der Waals surface area (Å²) in [5.41, 5.74) is 6.71. The third-order valence-corrected chi connectivity index (χ3v) is 2.10. The van der Waals surface area contributed by atoms with Crippen molar-refractivity contribution in [3.63, 3.8) is 0 Å². The first-order valence-electron chi connectivity index (χ1n) is 3.64. The van der Waals surface area contributed by atoms with Gasteiger partial charge in [0.1, 0.15) is 5.15 Å². The van der Waals surface area contributed by atoms with E-state index < -0.39 is 0 Å². The van der Waals surface area contributed by atoms with Crippen molar-refractivity contribution in [1.82, 2.24) is 4.98 Å². The number of rotatable bonds is 3. The first kappa shape index (κ1) is 9.78. The van der Waals surface area contributed by atoms with Crippen LogP contribution in [0, 0.1) is 0 Å². The second-order valence-electron chi connectivity index (χ2n) is 2.61. The Balaban J connectivity index is 2.58. The first-order chi connectivity index (χ1) is 5.72. The smallest absolute Gasteiger partial charge is 0.129 e. The number of hydrogen-bond donors (Lipinski definition) is 1. The fourth-order valence-corrected chi connectivity index (χ4v) is 1.11. The van der Waals surface area contributed by atoms with Crippen molar-refractivity contribution in [2.24, 2.45) is 5.73 Å². The van der Waals surface area contributed by atoms with Crippen molar-refractivity contribution in [3.8, 4) is 0 Å². The van der Waals surface area contributed by atoms with Crippen LogP contribution in [0.25, 0.3) is 0 Å². The third-order valence-electron chi connectivity index (χ3n) is 1.48. The molecule has 1 heterocycles. The van der Waals surface area contributed by atoms with Gasteiger partial charge in [0, 0.05) is 18.1 Å². The summed E-state index contributed by atoms with van der Waals surface area (Å²) in [5.74, 6) is 0.461. The van der Waals surface area contributed by atoms with Crippen molar-refractivity contribution in [3.05, 3.63) is 29.0 Å². The highest BCUT2D eigenvalue weighted by Gasteiger charge is 2.01. The summed E-state index contributed by atoms with van der Waals surface area (Å²) < 4.78 is 0. The van der Waals surface area contributed by atoms with Crippen molar-refractivity contribution in [1.29, 1.82) is 0 Å². The van der Waals surface area contributed by atoms with E-state index in [1.807, 2.05) is 6.07 Å². The van der Waals surface area contributed by atoms with Crippen LogP contribution in [0.15, 0.2) is 18.3 Å². The minimum atomic E-state index is -0.00496. The average Bonchev–Trinajstić information content (AvgIpc) is 2.09. The molecule has 1 aromatic heterocycles. The average molecular weight is 205 g/mol. The molecule has 1 rings (SSSR count). The van der Waals surface area contributed by atoms with Crippen LogP contribution >= 0.6 is 23.2 Å². The largest absolute Gasteiger partial charge is 0.326 e. The summed E-state index contributed by atoms with van der Waals surface area (Å²) >= 11 is 11.2. The minimum Gasteiger partial charge on any atom is -0.326 e. The predicted octanol–water partition coefficient (Wildman–Crippen LogP) is 1.84. The monoisotopic (exact) mass is 204 g/mol. The Bertz CT molecular complexity index is 235. The van der Waals surface area contributed by atoms with Gasteiger partial charge in [0.05, 0.1) is 0 Å². The zero-order chi connectivity index (χ0) is 8.97. The maximum atomic E-state index is 5.65. The van der Waals surface area contributed by atoms with Gasteiger partial charge in [-0.2, -0.15) is 0 Å². The molecule has 0 saturated heterocycles. The Hall–Kier alpha value is -0.310. The van der Waals surface area contributed by atoms with Gasteiger partial charge in [-0.15, -0.1) is 11.6 Å². The molecule has 0 aliphatic carbocycles. The second kappa shape index (κ2) is 4.65. The number of alkyl halides is 1. The fraction of sp³-hybridized carbons (Fsp3) is 0.375. The van der Waals surface area contributed by atoms with Crippen LogP contribution < -0.4 is 5.73 Å². The van der Waals surface area contributed by atoms with E-state index in [4.69, 9.17) is 28.9 Å². The molecule has 0 aliphatic heterocycles. The van der Waals surface area contributed by atoms with E-state index in [0.29, 0.717) is 11.0 Å². The summed E-state index contributed by atoms with van der Waals surface area (Å²) in [4.78, 5) is 3.93. The Kier molecular flexibility index (Phi) is 3.79. The lowest BCUT2D eigenvalue weighted by Gasteiger charge is -2.06. The maximum Gasteiger partial charge on any atom is 0.129 e. The summed E-state index contributed by atoms with van der Waals surface area (Å²) in [6.45, 7) is 0. The fourth-order valence-electron chi connectivity index (χ4n) is 0.884. The summed E-state index contributed by atoms with van der Waals surface area (Å²) in [5, 5.41) is 0.498. The zero-order valence-corrected chi connectivity index (χ0v) is 8.02. The number of nitrogens with zero attached hydrogens (tertiary/aromatic N) is 1. The lowest BCUT2D eigenvalue weighted by molar-refractivity contribution is 0.742. The second-order valence-corrected chi connectivity index (χ2v) is 3.30. The van der Waals surface area contributed by atoms with Gasteiger partial charge in [0.15, 0.2) is 0 Å². The molecule has 2 nitrogen and oxygen atoms in total. The topological polar surface area (TPSA) is 38.9 Å². The van der Waals surface area contributed by atoms with Crippen molar-refractivity contribution in [2.75, 3.05) is 5.88 Å². The van der Waals surface area contributed by atoms with Gasteiger partial charge in [-0.1, -0.05) is 17.7 Å². The van der Waals surface area contributed by atoms with Crippen molar-refractivity contribution < 1.29 is 0 Å². The lowest BCUT2D eigenvalue weighted by atomic mass is 10.1. The van der Waals surface area contributed by atoms with Crippen LogP contribution in [-0.4, -0.2) is 16.9 Å². The number of aromatic nitrogens is 1. The predicted molar refractivity (Wildman–Crippen MR) is 51.6 cm³/mol. The Morgan fingerprint density at radius 1 is 1.50 bits per heavy atom. The molecule has 0 aromatic carbocycles. The van der Waals surface area contributed by atoms with Gasteiger partial charge in [-0.05, 0) is 18.1 Å². The Morgan fingerprint density at radius 2 is 2.25 bits per heavy atom. The summed E-state index contributed by atoms with van der Waals surface area (Å²) in [7, 11) is 0. The van der Waals surface area contributed by atoms with Crippen molar-refractivity contribution >= 4 is 23.2 Å². The van der Waals surface area contributed by atoms with Crippen LogP contribution in [-0.2, 0) is 6.42 Å². The molecule has 1 atom stereocenters. The van der Waals surface area contributed by atoms with E-state index in [-0.39, 0.29) is 6.04 Å². The van der Waals surface area contributed by atoms with Gasteiger partial charge in [0.2, 0.25) is 0 Å². The molecule has 66 valence electrons. The van der Waals surface area contributed by atoms with Crippen LogP contribution in [0.2, 0.25) is 5.15 Å². The van der Waals surface area contributed by atoms with Crippen LogP contribution in [0.5, 0.6) is 0 Å². The number of pyridine rings is 1. The van der Waals surface area contributed by atoms with E-state index in [1.165, 1.54) is 0 Å². The lowest BCUT2D eigenvalue weighted by Crippen LogP contribution is -2.24. The highest BCUT2D eigenvalue weighted by Crippen LogP contribution is 2.07. The summed E-state index contributed by atoms with van der Waals surface area (Å²) in [6, 6.07) is 3.65. The molecule has 0 spiro atoms. The third kappa shape index (κ3) is 2.97. The number of hydrogen-bond acceptors (Lipinski definition) is 2. The molecule has 1 aromatic rings. The van der Waals surface area contributed by atoms with E-state index in [2.05, 4.69) is 4.98 Å². The van der Waals surface area contributed by atoms with Gasteiger partial charge >= 0.3 is 0 Å². The zero-order valence-electron chi connectivity index (χ0n) is 6.50. The molecule has 4 heteroatoms. The molecule has 0 saturated carbocycles. The highest BCUT2D eigenvalue weighted by atomic mass is 35.5. The maximum absolute atomic E-state index is 5.65. The van der Waals surface area contributed by atoms with E-state index in [9.17, 15) is 0 Å². The number of halogens is 2. The van der Waals surface area contributed by atoms with E-state index in [1.54, 1.807) is 12.3 Å². The van der Waals surface area contributed by atoms with Crippen molar-refractivity contribution in [2.45, 2.75) is 12.5 Å². The van der Waals surface area contributed by atoms with E-state index >= 15 is 0 Å². The molecule has 0 amide bonds. The highest BCUT2D eigenvalue weighted by molar-refractivity contribution is 6.29. The van der Waals surface area contributed by atoms with Gasteiger partial charge in [0.25, 0.3) is 0 Å². The molecule has 0 aliphatic rings. The molecular formula is C8H10Cl2N2. The quantitative estimate of drug-likeness (QED) is 0.604. The molecule has 12 heavy (non-hydrogen) atoms. The molecular weight excluding hydrogens is 195 g/mol. The first-order valence-corrected chi connectivity index (χ1v) is 4.55. The Labute approximate surface area is 81.7 Å². The molecule has 2 N–H and O–H groups in total. The normalized spacial score (nSPS) is 12.9. The van der Waals surface area contributed by atoms with Crippen LogP contribution in [0.4, 0.5) is 0 Å². The molecule has 0 radical (unpaired) electrons. The standard InChI is InChI=1S/C8H10Cl2N2/c9-4-7(11)3-6-1-2-8(10)12-5-6/h1-2,5,7H,3-4,11H2. The minimum absolute atomic E-state index is 0.00496. The van der Waals surface area contributed by atoms with Crippen LogP contribution in [0.3, 0.4) is 0 Å². The summed E-state index contributed by atoms with van der Waals surface area (Å²) in [6.07, 6.45) is 2.46. The van der Waals surface area contributed by atoms with E-state index in [0.717, 1.165) is 12.0 Å². The SMILES string of the molecule is NC(CCl)Cc1ccc(Cl)nc1. The van der Waals surface area contributed by atoms with Gasteiger partial charge < -0.3 is 5.73 Å². The van der Waals surface area contributed by atoms with Crippen LogP contribution in [0.1, 0.15) is 5.56 Å². The molecule has 1 unspecified atom stereocenters. The van der Waals surface area contributed by atoms with Gasteiger partial charge in [-0.3, -0.25) is 0 Å². The Morgan fingerprint density at radius 3 is 2.75 bits per heavy atom. The number of nitrogens with two attached hydrogens (primary N) is 1.